The van der Waals surface area contributed by atoms with E-state index in [2.05, 4.69) is 10.1 Å². The average molecular weight is 372 g/mol. The normalized spacial score (nSPS) is 15.8. The second-order valence-corrected chi connectivity index (χ2v) is 6.67. The lowest BCUT2D eigenvalue weighted by Crippen LogP contribution is -2.43. The van der Waals surface area contributed by atoms with Crippen LogP contribution < -0.4 is 10.1 Å². The molecule has 0 unspecified atom stereocenters. The van der Waals surface area contributed by atoms with E-state index in [4.69, 9.17) is 0 Å². The number of nitrogens with zero attached hydrogens (tertiary/aromatic N) is 1. The van der Waals surface area contributed by atoms with Crippen molar-refractivity contribution in [3.63, 3.8) is 0 Å². The van der Waals surface area contributed by atoms with Gasteiger partial charge < -0.3 is 15.0 Å². The van der Waals surface area contributed by atoms with Crippen LogP contribution in [0.3, 0.4) is 0 Å². The summed E-state index contributed by atoms with van der Waals surface area (Å²) in [4.78, 5) is 26.1. The molecular formula is C18H23F3N2O3. The van der Waals surface area contributed by atoms with Crippen LogP contribution in [0, 0.1) is 11.8 Å². The number of anilines is 1. The second-order valence-electron chi connectivity index (χ2n) is 6.67. The third-order valence-corrected chi connectivity index (χ3v) is 4.20. The maximum atomic E-state index is 12.3. The Hall–Kier alpha value is -2.25. The van der Waals surface area contributed by atoms with E-state index in [1.165, 1.54) is 24.3 Å². The van der Waals surface area contributed by atoms with Gasteiger partial charge in [-0.15, -0.1) is 0 Å². The van der Waals surface area contributed by atoms with Crippen LogP contribution >= 0.6 is 0 Å². The maximum absolute atomic E-state index is 12.3. The van der Waals surface area contributed by atoms with E-state index in [0.29, 0.717) is 31.6 Å². The Kier molecular flexibility index (Phi) is 6.50. The number of likely N-dealkylation sites (tertiary alicyclic amines) is 1. The Morgan fingerprint density at radius 1 is 1.19 bits per heavy atom. The fourth-order valence-electron chi connectivity index (χ4n) is 2.77. The molecule has 0 radical (unpaired) electrons. The zero-order valence-corrected chi connectivity index (χ0v) is 14.8. The number of hydrogen-bond donors (Lipinski definition) is 1. The lowest BCUT2D eigenvalue weighted by atomic mass is 9.95. The predicted octanol–water partition coefficient (Wildman–Crippen LogP) is 3.46. The number of rotatable bonds is 5. The quantitative estimate of drug-likeness (QED) is 0.861. The Bertz CT molecular complexity index is 622. The van der Waals surface area contributed by atoms with Crippen LogP contribution in [-0.2, 0) is 9.59 Å². The molecular weight excluding hydrogens is 349 g/mol. The van der Waals surface area contributed by atoms with Gasteiger partial charge in [0.1, 0.15) is 5.75 Å². The molecule has 0 saturated carbocycles. The summed E-state index contributed by atoms with van der Waals surface area (Å²) in [5, 5.41) is 2.76. The fraction of sp³-hybridized carbons (Fsp3) is 0.556. The number of carbonyl (C=O) groups is 2. The van der Waals surface area contributed by atoms with E-state index in [0.717, 1.165) is 0 Å². The van der Waals surface area contributed by atoms with Crippen molar-refractivity contribution < 1.29 is 27.5 Å². The second kappa shape index (κ2) is 8.42. The SMILES string of the molecule is CC(C)C(=O)N1CCC(C(=O)Nc2ccc(OCC(F)(F)F)cc2)CC1. The molecule has 1 aliphatic rings. The summed E-state index contributed by atoms with van der Waals surface area (Å²) < 4.78 is 41.0. The number of ether oxygens (including phenoxy) is 1. The molecule has 26 heavy (non-hydrogen) atoms. The topological polar surface area (TPSA) is 58.6 Å². The molecule has 2 rings (SSSR count). The monoisotopic (exact) mass is 372 g/mol. The molecule has 0 bridgehead atoms. The molecule has 0 atom stereocenters. The summed E-state index contributed by atoms with van der Waals surface area (Å²) in [5.74, 6) is -0.212. The molecule has 0 aliphatic carbocycles. The van der Waals surface area contributed by atoms with E-state index in [1.54, 1.807) is 4.90 Å². The van der Waals surface area contributed by atoms with Gasteiger partial charge in [0.05, 0.1) is 0 Å². The summed E-state index contributed by atoms with van der Waals surface area (Å²) in [5.41, 5.74) is 0.495. The summed E-state index contributed by atoms with van der Waals surface area (Å²) in [6, 6.07) is 5.76. The molecule has 0 aromatic heterocycles. The predicted molar refractivity (Wildman–Crippen MR) is 90.8 cm³/mol. The highest BCUT2D eigenvalue weighted by Gasteiger charge is 2.29. The summed E-state index contributed by atoms with van der Waals surface area (Å²) in [7, 11) is 0. The minimum atomic E-state index is -4.39. The van der Waals surface area contributed by atoms with Crippen molar-refractivity contribution in [2.24, 2.45) is 11.8 Å². The van der Waals surface area contributed by atoms with Crippen LogP contribution in [0.4, 0.5) is 18.9 Å². The Labute approximate surface area is 150 Å². The molecule has 1 N–H and O–H groups in total. The number of piperidine rings is 1. The average Bonchev–Trinajstić information content (AvgIpc) is 2.60. The minimum Gasteiger partial charge on any atom is -0.484 e. The first kappa shape index (κ1) is 20.1. The van der Waals surface area contributed by atoms with Crippen LogP contribution in [-0.4, -0.2) is 42.6 Å². The van der Waals surface area contributed by atoms with Gasteiger partial charge in [0.2, 0.25) is 11.8 Å². The molecule has 144 valence electrons. The molecule has 2 amide bonds. The van der Waals surface area contributed by atoms with Gasteiger partial charge in [0, 0.05) is 30.6 Å². The smallest absolute Gasteiger partial charge is 0.422 e. The number of halogens is 3. The van der Waals surface area contributed by atoms with Crippen molar-refractivity contribution in [1.82, 2.24) is 4.90 Å². The molecule has 1 saturated heterocycles. The van der Waals surface area contributed by atoms with Crippen molar-refractivity contribution in [2.75, 3.05) is 25.0 Å². The van der Waals surface area contributed by atoms with E-state index >= 15 is 0 Å². The van der Waals surface area contributed by atoms with E-state index in [9.17, 15) is 22.8 Å². The van der Waals surface area contributed by atoms with Gasteiger partial charge in [-0.3, -0.25) is 9.59 Å². The largest absolute Gasteiger partial charge is 0.484 e. The lowest BCUT2D eigenvalue weighted by Gasteiger charge is -2.32. The van der Waals surface area contributed by atoms with Gasteiger partial charge in [0.25, 0.3) is 0 Å². The Morgan fingerprint density at radius 2 is 1.77 bits per heavy atom. The summed E-state index contributed by atoms with van der Waals surface area (Å²) >= 11 is 0. The van der Waals surface area contributed by atoms with E-state index < -0.39 is 12.8 Å². The highest BCUT2D eigenvalue weighted by atomic mass is 19.4. The van der Waals surface area contributed by atoms with Gasteiger partial charge >= 0.3 is 6.18 Å². The van der Waals surface area contributed by atoms with Gasteiger partial charge in [-0.05, 0) is 37.1 Å². The molecule has 1 heterocycles. The third kappa shape index (κ3) is 5.93. The molecule has 1 aliphatic heterocycles. The van der Waals surface area contributed by atoms with E-state index in [1.807, 2.05) is 13.8 Å². The van der Waals surface area contributed by atoms with Gasteiger partial charge in [-0.1, -0.05) is 13.8 Å². The van der Waals surface area contributed by atoms with Crippen molar-refractivity contribution in [2.45, 2.75) is 32.9 Å². The zero-order chi connectivity index (χ0) is 19.3. The number of alkyl halides is 3. The van der Waals surface area contributed by atoms with Crippen molar-refractivity contribution in [1.29, 1.82) is 0 Å². The number of benzene rings is 1. The van der Waals surface area contributed by atoms with Gasteiger partial charge in [-0.2, -0.15) is 13.2 Å². The zero-order valence-electron chi connectivity index (χ0n) is 14.8. The number of hydrogen-bond acceptors (Lipinski definition) is 3. The first-order valence-electron chi connectivity index (χ1n) is 8.55. The van der Waals surface area contributed by atoms with Crippen LogP contribution in [0.1, 0.15) is 26.7 Å². The number of nitrogens with one attached hydrogen (secondary N) is 1. The first-order chi connectivity index (χ1) is 12.2. The maximum Gasteiger partial charge on any atom is 0.422 e. The Balaban J connectivity index is 1.82. The molecule has 5 nitrogen and oxygen atoms in total. The molecule has 1 aromatic rings. The van der Waals surface area contributed by atoms with Crippen LogP contribution in [0.15, 0.2) is 24.3 Å². The fourth-order valence-corrected chi connectivity index (χ4v) is 2.77. The van der Waals surface area contributed by atoms with E-state index in [-0.39, 0.29) is 29.4 Å². The van der Waals surface area contributed by atoms with Gasteiger partial charge in [0.15, 0.2) is 6.61 Å². The summed E-state index contributed by atoms with van der Waals surface area (Å²) in [6.07, 6.45) is -3.20. The standard InChI is InChI=1S/C18H23F3N2O3/c1-12(2)17(25)23-9-7-13(8-10-23)16(24)22-14-3-5-15(6-4-14)26-11-18(19,20)21/h3-6,12-13H,7-11H2,1-2H3,(H,22,24). The summed E-state index contributed by atoms with van der Waals surface area (Å²) in [6.45, 7) is 3.46. The van der Waals surface area contributed by atoms with Crippen LogP contribution in [0.2, 0.25) is 0 Å². The molecule has 1 fully saturated rings. The highest BCUT2D eigenvalue weighted by Crippen LogP contribution is 2.23. The minimum absolute atomic E-state index is 0.0570. The van der Waals surface area contributed by atoms with Crippen molar-refractivity contribution >= 4 is 17.5 Å². The first-order valence-corrected chi connectivity index (χ1v) is 8.55. The lowest BCUT2D eigenvalue weighted by molar-refractivity contribution is -0.153. The molecule has 8 heteroatoms. The molecule has 1 aromatic carbocycles. The van der Waals surface area contributed by atoms with Crippen molar-refractivity contribution in [3.05, 3.63) is 24.3 Å². The number of amides is 2. The van der Waals surface area contributed by atoms with Crippen LogP contribution in [0.25, 0.3) is 0 Å². The Morgan fingerprint density at radius 3 is 2.27 bits per heavy atom. The molecule has 0 spiro atoms. The van der Waals surface area contributed by atoms with Gasteiger partial charge in [-0.25, -0.2) is 0 Å². The van der Waals surface area contributed by atoms with Crippen molar-refractivity contribution in [3.8, 4) is 5.75 Å². The highest BCUT2D eigenvalue weighted by molar-refractivity contribution is 5.92. The number of carbonyl (C=O) groups excluding carboxylic acids is 2. The third-order valence-electron chi connectivity index (χ3n) is 4.20. The van der Waals surface area contributed by atoms with Crippen LogP contribution in [0.5, 0.6) is 5.75 Å².